The summed E-state index contributed by atoms with van der Waals surface area (Å²) in [5.41, 5.74) is 0. The van der Waals surface area contributed by atoms with Crippen molar-refractivity contribution in [2.45, 2.75) is 17.4 Å². The Hall–Kier alpha value is -2.58. The average molecular weight is 407 g/mol. The molecular weight excluding hydrogens is 392 g/mol. The summed E-state index contributed by atoms with van der Waals surface area (Å²) in [6.07, 6.45) is -0.410. The van der Waals surface area contributed by atoms with Crippen LogP contribution in [0.25, 0.3) is 0 Å². The maximum Gasteiger partial charge on any atom is 0.271 e. The highest BCUT2D eigenvalue weighted by Crippen LogP contribution is 2.35. The van der Waals surface area contributed by atoms with Gasteiger partial charge in [0.2, 0.25) is 6.10 Å². The van der Waals surface area contributed by atoms with Crippen LogP contribution in [-0.2, 0) is 16.3 Å². The summed E-state index contributed by atoms with van der Waals surface area (Å²) in [5, 5.41) is 4.33. The Bertz CT molecular complexity index is 1050. The van der Waals surface area contributed by atoms with Gasteiger partial charge in [-0.15, -0.1) is 0 Å². The molecule has 0 bridgehead atoms. The zero-order valence-electron chi connectivity index (χ0n) is 14.0. The molecule has 2 heterocycles. The molecule has 0 aliphatic carbocycles. The molecule has 1 aliphatic rings. The number of halogens is 1. The van der Waals surface area contributed by atoms with Gasteiger partial charge in [-0.05, 0) is 36.4 Å². The zero-order valence-corrected chi connectivity index (χ0v) is 15.6. The fraction of sp³-hybridized carbons (Fsp3) is 0.222. The number of hydrogen-bond acceptors (Lipinski definition) is 7. The summed E-state index contributed by atoms with van der Waals surface area (Å²) in [7, 11) is -3.47. The van der Waals surface area contributed by atoms with E-state index in [1.54, 1.807) is 18.2 Å². The Balaban J connectivity index is 1.42. The number of rotatable bonds is 5. The summed E-state index contributed by atoms with van der Waals surface area (Å²) >= 11 is 5.79. The van der Waals surface area contributed by atoms with Gasteiger partial charge in [0.1, 0.15) is 6.61 Å². The first kappa shape index (κ1) is 17.8. The zero-order chi connectivity index (χ0) is 18.9. The number of para-hydroxylation sites is 2. The third-order valence-electron chi connectivity index (χ3n) is 4.03. The largest absolute Gasteiger partial charge is 0.485 e. The first-order valence-corrected chi connectivity index (χ1v) is 10.2. The fourth-order valence-electron chi connectivity index (χ4n) is 2.63. The summed E-state index contributed by atoms with van der Waals surface area (Å²) in [4.78, 5) is 4.45. The second kappa shape index (κ2) is 7.21. The molecule has 0 fully saturated rings. The van der Waals surface area contributed by atoms with E-state index < -0.39 is 15.9 Å². The molecule has 0 saturated heterocycles. The van der Waals surface area contributed by atoms with Crippen molar-refractivity contribution in [1.29, 1.82) is 0 Å². The number of hydrogen-bond donors (Lipinski definition) is 0. The van der Waals surface area contributed by atoms with Gasteiger partial charge >= 0.3 is 0 Å². The molecule has 1 aromatic heterocycles. The lowest BCUT2D eigenvalue weighted by atomic mass is 10.2. The van der Waals surface area contributed by atoms with Gasteiger partial charge in [-0.25, -0.2) is 8.42 Å². The van der Waals surface area contributed by atoms with Gasteiger partial charge in [-0.2, -0.15) is 4.98 Å². The predicted octanol–water partition coefficient (Wildman–Crippen LogP) is 3.25. The van der Waals surface area contributed by atoms with Gasteiger partial charge in [0.05, 0.1) is 10.6 Å². The quantitative estimate of drug-likeness (QED) is 0.642. The van der Waals surface area contributed by atoms with E-state index in [2.05, 4.69) is 10.1 Å². The van der Waals surface area contributed by atoms with Gasteiger partial charge in [-0.3, -0.25) is 0 Å². The Morgan fingerprint density at radius 3 is 2.59 bits per heavy atom. The van der Waals surface area contributed by atoms with Crippen molar-refractivity contribution in [1.82, 2.24) is 10.1 Å². The Kier molecular flexibility index (Phi) is 4.75. The minimum Gasteiger partial charge on any atom is -0.485 e. The standard InChI is InChI=1S/C18H15ClN2O5S/c19-12-5-7-13(8-6-12)27(22,23)10-9-17-20-18(26-21-17)16-11-24-14-3-1-2-4-15(14)25-16/h1-8,16H,9-11H2. The smallest absolute Gasteiger partial charge is 0.271 e. The van der Waals surface area contributed by atoms with Gasteiger partial charge in [-0.1, -0.05) is 28.9 Å². The maximum absolute atomic E-state index is 12.4. The summed E-state index contributed by atoms with van der Waals surface area (Å²) < 4.78 is 41.4. The van der Waals surface area contributed by atoms with Crippen LogP contribution in [0, 0.1) is 0 Å². The van der Waals surface area contributed by atoms with E-state index in [1.807, 2.05) is 18.2 Å². The molecule has 0 spiro atoms. The second-order valence-electron chi connectivity index (χ2n) is 5.94. The number of sulfone groups is 1. The van der Waals surface area contributed by atoms with Crippen molar-refractivity contribution in [2.24, 2.45) is 0 Å². The number of fused-ring (bicyclic) bond motifs is 1. The number of benzene rings is 2. The van der Waals surface area contributed by atoms with Crippen LogP contribution in [-0.4, -0.2) is 30.9 Å². The summed E-state index contributed by atoms with van der Waals surface area (Å²) in [6, 6.07) is 13.3. The lowest BCUT2D eigenvalue weighted by molar-refractivity contribution is 0.0665. The van der Waals surface area contributed by atoms with Crippen LogP contribution >= 0.6 is 11.6 Å². The molecule has 140 valence electrons. The number of ether oxygens (including phenoxy) is 2. The summed E-state index contributed by atoms with van der Waals surface area (Å²) in [6.45, 7) is 0.238. The van der Waals surface area contributed by atoms with Crippen LogP contribution in [0.5, 0.6) is 11.5 Å². The van der Waals surface area contributed by atoms with E-state index in [9.17, 15) is 8.42 Å². The molecule has 1 unspecified atom stereocenters. The lowest BCUT2D eigenvalue weighted by Crippen LogP contribution is -2.21. The minimum absolute atomic E-state index is 0.124. The van der Waals surface area contributed by atoms with E-state index in [4.69, 9.17) is 25.6 Å². The van der Waals surface area contributed by atoms with Crippen LogP contribution in [0.15, 0.2) is 57.9 Å². The second-order valence-corrected chi connectivity index (χ2v) is 8.48. The highest BCUT2D eigenvalue weighted by Gasteiger charge is 2.27. The van der Waals surface area contributed by atoms with Crippen molar-refractivity contribution < 1.29 is 22.4 Å². The third-order valence-corrected chi connectivity index (χ3v) is 6.02. The molecule has 1 aliphatic heterocycles. The normalized spacial score (nSPS) is 16.3. The third kappa shape index (κ3) is 3.91. The van der Waals surface area contributed by atoms with Gasteiger partial charge in [0.15, 0.2) is 27.2 Å². The predicted molar refractivity (Wildman–Crippen MR) is 96.8 cm³/mol. The molecule has 0 amide bonds. The topological polar surface area (TPSA) is 91.5 Å². The number of aromatic nitrogens is 2. The molecular formula is C18H15ClN2O5S. The van der Waals surface area contributed by atoms with Crippen LogP contribution in [0.4, 0.5) is 0 Å². The van der Waals surface area contributed by atoms with E-state index in [1.165, 1.54) is 12.1 Å². The first-order chi connectivity index (χ1) is 13.0. The average Bonchev–Trinajstić information content (AvgIpc) is 3.16. The Labute approximate surface area is 160 Å². The van der Waals surface area contributed by atoms with Crippen LogP contribution in [0.2, 0.25) is 5.02 Å². The van der Waals surface area contributed by atoms with E-state index >= 15 is 0 Å². The molecule has 2 aromatic carbocycles. The van der Waals surface area contributed by atoms with Crippen molar-refractivity contribution in [3.8, 4) is 11.5 Å². The van der Waals surface area contributed by atoms with Crippen molar-refractivity contribution >= 4 is 21.4 Å². The number of nitrogens with zero attached hydrogens (tertiary/aromatic N) is 2. The monoisotopic (exact) mass is 406 g/mol. The molecule has 7 nitrogen and oxygen atoms in total. The van der Waals surface area contributed by atoms with Crippen LogP contribution < -0.4 is 9.47 Å². The van der Waals surface area contributed by atoms with E-state index in [0.29, 0.717) is 22.3 Å². The van der Waals surface area contributed by atoms with E-state index in [-0.39, 0.29) is 29.6 Å². The van der Waals surface area contributed by atoms with Gasteiger partial charge in [0.25, 0.3) is 5.89 Å². The SMILES string of the molecule is O=S(=O)(CCc1noc(C2COc3ccccc3O2)n1)c1ccc(Cl)cc1. The fourth-order valence-corrected chi connectivity index (χ4v) is 3.99. The Morgan fingerprint density at radius 1 is 1.07 bits per heavy atom. The van der Waals surface area contributed by atoms with Crippen LogP contribution in [0.1, 0.15) is 17.8 Å². The minimum atomic E-state index is -3.47. The van der Waals surface area contributed by atoms with Gasteiger partial charge < -0.3 is 14.0 Å². The molecule has 0 N–H and O–H groups in total. The van der Waals surface area contributed by atoms with Crippen molar-refractivity contribution in [3.05, 3.63) is 65.3 Å². The first-order valence-electron chi connectivity index (χ1n) is 8.20. The molecule has 27 heavy (non-hydrogen) atoms. The molecule has 4 rings (SSSR count). The van der Waals surface area contributed by atoms with Crippen molar-refractivity contribution in [2.75, 3.05) is 12.4 Å². The van der Waals surface area contributed by atoms with E-state index in [0.717, 1.165) is 0 Å². The molecule has 1 atom stereocenters. The van der Waals surface area contributed by atoms with Crippen molar-refractivity contribution in [3.63, 3.8) is 0 Å². The van der Waals surface area contributed by atoms with Crippen LogP contribution in [0.3, 0.4) is 0 Å². The molecule has 3 aromatic rings. The molecule has 9 heteroatoms. The summed E-state index contributed by atoms with van der Waals surface area (Å²) in [5.74, 6) is 1.66. The number of aryl methyl sites for hydroxylation is 1. The lowest BCUT2D eigenvalue weighted by Gasteiger charge is -2.23. The Morgan fingerprint density at radius 2 is 1.81 bits per heavy atom. The molecule has 0 radical (unpaired) electrons. The van der Waals surface area contributed by atoms with Gasteiger partial charge in [0, 0.05) is 11.4 Å². The maximum atomic E-state index is 12.4. The highest BCUT2D eigenvalue weighted by molar-refractivity contribution is 7.91. The highest BCUT2D eigenvalue weighted by atomic mass is 35.5. The molecule has 0 saturated carbocycles.